The van der Waals surface area contributed by atoms with Crippen LogP contribution in [0.25, 0.3) is 0 Å². The molecule has 2 rings (SSSR count). The van der Waals surface area contributed by atoms with Crippen molar-refractivity contribution in [2.75, 3.05) is 13.1 Å². The van der Waals surface area contributed by atoms with Gasteiger partial charge in [-0.2, -0.15) is 0 Å². The molecule has 6 heteroatoms. The van der Waals surface area contributed by atoms with Gasteiger partial charge >= 0.3 is 12.0 Å². The smallest absolute Gasteiger partial charge is 0.317 e. The van der Waals surface area contributed by atoms with Crippen molar-refractivity contribution in [2.45, 2.75) is 26.8 Å². The number of aliphatic carboxylic acids is 1. The summed E-state index contributed by atoms with van der Waals surface area (Å²) >= 11 is 3.41. The number of halogens is 1. The lowest BCUT2D eigenvalue weighted by Crippen LogP contribution is -2.40. The third-order valence-electron chi connectivity index (χ3n) is 4.01. The topological polar surface area (TPSA) is 69.6 Å². The first-order chi connectivity index (χ1) is 9.82. The number of hydrogen-bond acceptors (Lipinski definition) is 2. The molecule has 1 atom stereocenters. The lowest BCUT2D eigenvalue weighted by Gasteiger charge is -2.20. The normalized spacial score (nSPS) is 21.4. The molecule has 2 N–H and O–H groups in total. The molecule has 0 aromatic heterocycles. The molecule has 1 aliphatic rings. The number of hydrogen-bond donors (Lipinski definition) is 2. The molecule has 0 radical (unpaired) electrons. The molecule has 1 unspecified atom stereocenters. The molecule has 0 aliphatic carbocycles. The van der Waals surface area contributed by atoms with Gasteiger partial charge in [0.1, 0.15) is 0 Å². The van der Waals surface area contributed by atoms with Gasteiger partial charge in [-0.3, -0.25) is 4.79 Å². The van der Waals surface area contributed by atoms with Crippen LogP contribution in [-0.4, -0.2) is 35.1 Å². The van der Waals surface area contributed by atoms with Crippen LogP contribution in [0.4, 0.5) is 4.79 Å². The molecular formula is C15H19BrN2O3. The molecule has 1 aromatic rings. The number of amides is 2. The molecule has 0 saturated carbocycles. The van der Waals surface area contributed by atoms with E-state index in [1.807, 2.05) is 25.1 Å². The number of carboxylic acid groups (broad SMARTS) is 1. The third-order valence-corrected chi connectivity index (χ3v) is 4.50. The number of aryl methyl sites for hydroxylation is 1. The third kappa shape index (κ3) is 3.56. The molecule has 0 bridgehead atoms. The maximum Gasteiger partial charge on any atom is 0.317 e. The minimum atomic E-state index is -0.846. The number of carbonyl (C=O) groups is 2. The van der Waals surface area contributed by atoms with Crippen LogP contribution >= 0.6 is 15.9 Å². The molecule has 5 nitrogen and oxygen atoms in total. The standard InChI is InChI=1S/C15H19BrN2O3/c1-10-7-12(16)4-3-11(10)8-17-14(21)18-6-5-15(2,9-18)13(19)20/h3-4,7H,5-6,8-9H2,1-2H3,(H,17,21)(H,19,20). The molecule has 1 fully saturated rings. The van der Waals surface area contributed by atoms with Crippen LogP contribution in [0.15, 0.2) is 22.7 Å². The summed E-state index contributed by atoms with van der Waals surface area (Å²) < 4.78 is 1.01. The van der Waals surface area contributed by atoms with Gasteiger partial charge in [0, 0.05) is 24.1 Å². The van der Waals surface area contributed by atoms with Crippen molar-refractivity contribution >= 4 is 27.9 Å². The summed E-state index contributed by atoms with van der Waals surface area (Å²) in [5.74, 6) is -0.846. The number of carboxylic acids is 1. The number of likely N-dealkylation sites (tertiary alicyclic amines) is 1. The monoisotopic (exact) mass is 354 g/mol. The van der Waals surface area contributed by atoms with Crippen molar-refractivity contribution in [1.29, 1.82) is 0 Å². The second-order valence-corrected chi connectivity index (χ2v) is 6.68. The van der Waals surface area contributed by atoms with Crippen LogP contribution in [0, 0.1) is 12.3 Å². The lowest BCUT2D eigenvalue weighted by molar-refractivity contribution is -0.146. The maximum atomic E-state index is 12.1. The van der Waals surface area contributed by atoms with E-state index in [4.69, 9.17) is 0 Å². The van der Waals surface area contributed by atoms with Gasteiger partial charge in [0.25, 0.3) is 0 Å². The Labute approximate surface area is 132 Å². The van der Waals surface area contributed by atoms with E-state index in [1.165, 1.54) is 0 Å². The zero-order chi connectivity index (χ0) is 15.6. The van der Waals surface area contributed by atoms with Crippen LogP contribution in [0.3, 0.4) is 0 Å². The van der Waals surface area contributed by atoms with E-state index in [0.717, 1.165) is 15.6 Å². The molecule has 1 aromatic carbocycles. The molecule has 114 valence electrons. The van der Waals surface area contributed by atoms with E-state index < -0.39 is 11.4 Å². The number of urea groups is 1. The highest BCUT2D eigenvalue weighted by atomic mass is 79.9. The minimum absolute atomic E-state index is 0.206. The predicted molar refractivity (Wildman–Crippen MR) is 83.0 cm³/mol. The Hall–Kier alpha value is -1.56. The number of rotatable bonds is 3. The van der Waals surface area contributed by atoms with E-state index in [-0.39, 0.29) is 12.6 Å². The first kappa shape index (κ1) is 15.8. The van der Waals surface area contributed by atoms with E-state index in [9.17, 15) is 14.7 Å². The molecule has 1 aliphatic heterocycles. The quantitative estimate of drug-likeness (QED) is 0.876. The van der Waals surface area contributed by atoms with Crippen LogP contribution in [0.1, 0.15) is 24.5 Å². The Morgan fingerprint density at radius 1 is 1.48 bits per heavy atom. The Balaban J connectivity index is 1.93. The SMILES string of the molecule is Cc1cc(Br)ccc1CNC(=O)N1CCC(C)(C(=O)O)C1. The summed E-state index contributed by atoms with van der Waals surface area (Å²) in [6.07, 6.45) is 0.493. The van der Waals surface area contributed by atoms with Crippen molar-refractivity contribution in [2.24, 2.45) is 5.41 Å². The van der Waals surface area contributed by atoms with E-state index in [0.29, 0.717) is 19.5 Å². The molecular weight excluding hydrogens is 336 g/mol. The van der Waals surface area contributed by atoms with E-state index in [2.05, 4.69) is 21.2 Å². The summed E-state index contributed by atoms with van der Waals surface area (Å²) in [5.41, 5.74) is 1.32. The van der Waals surface area contributed by atoms with Gasteiger partial charge < -0.3 is 15.3 Å². The highest BCUT2D eigenvalue weighted by molar-refractivity contribution is 9.10. The van der Waals surface area contributed by atoms with Crippen LogP contribution in [-0.2, 0) is 11.3 Å². The molecule has 21 heavy (non-hydrogen) atoms. The second kappa shape index (κ2) is 6.05. The number of nitrogens with one attached hydrogen (secondary N) is 1. The maximum absolute atomic E-state index is 12.1. The fraction of sp³-hybridized carbons (Fsp3) is 0.467. The van der Waals surface area contributed by atoms with Gasteiger partial charge in [-0.25, -0.2) is 4.79 Å². The van der Waals surface area contributed by atoms with Crippen LogP contribution < -0.4 is 5.32 Å². The zero-order valence-corrected chi connectivity index (χ0v) is 13.7. The van der Waals surface area contributed by atoms with Crippen molar-refractivity contribution in [3.05, 3.63) is 33.8 Å². The van der Waals surface area contributed by atoms with Gasteiger partial charge in [-0.05, 0) is 43.5 Å². The Morgan fingerprint density at radius 2 is 2.19 bits per heavy atom. The molecule has 1 heterocycles. The average Bonchev–Trinajstić information content (AvgIpc) is 2.82. The number of carbonyl (C=O) groups excluding carboxylic acids is 1. The van der Waals surface area contributed by atoms with Crippen molar-refractivity contribution < 1.29 is 14.7 Å². The van der Waals surface area contributed by atoms with Crippen molar-refractivity contribution in [3.8, 4) is 0 Å². The molecule has 0 spiro atoms. The van der Waals surface area contributed by atoms with E-state index >= 15 is 0 Å². The van der Waals surface area contributed by atoms with Crippen molar-refractivity contribution in [3.63, 3.8) is 0 Å². The summed E-state index contributed by atoms with van der Waals surface area (Å²) in [4.78, 5) is 24.9. The average molecular weight is 355 g/mol. The van der Waals surface area contributed by atoms with Gasteiger partial charge in [0.2, 0.25) is 0 Å². The Kier molecular flexibility index (Phi) is 4.56. The van der Waals surface area contributed by atoms with Crippen LogP contribution in [0.5, 0.6) is 0 Å². The van der Waals surface area contributed by atoms with Crippen LogP contribution in [0.2, 0.25) is 0 Å². The van der Waals surface area contributed by atoms with Crippen molar-refractivity contribution in [1.82, 2.24) is 10.2 Å². The fourth-order valence-electron chi connectivity index (χ4n) is 2.45. The molecule has 2 amide bonds. The number of nitrogens with zero attached hydrogens (tertiary/aromatic N) is 1. The summed E-state index contributed by atoms with van der Waals surface area (Å²) in [6, 6.07) is 5.69. The summed E-state index contributed by atoms with van der Waals surface area (Å²) in [7, 11) is 0. The van der Waals surface area contributed by atoms with E-state index in [1.54, 1.807) is 11.8 Å². The molecule has 1 saturated heterocycles. The first-order valence-electron chi connectivity index (χ1n) is 6.83. The first-order valence-corrected chi connectivity index (χ1v) is 7.62. The second-order valence-electron chi connectivity index (χ2n) is 5.77. The van der Waals surface area contributed by atoms with Gasteiger partial charge in [-0.15, -0.1) is 0 Å². The highest BCUT2D eigenvalue weighted by Gasteiger charge is 2.42. The van der Waals surface area contributed by atoms with Gasteiger partial charge in [-0.1, -0.05) is 22.0 Å². The highest BCUT2D eigenvalue weighted by Crippen LogP contribution is 2.30. The number of benzene rings is 1. The summed E-state index contributed by atoms with van der Waals surface area (Å²) in [6.45, 7) is 4.85. The Bertz CT molecular complexity index is 576. The minimum Gasteiger partial charge on any atom is -0.481 e. The van der Waals surface area contributed by atoms with Gasteiger partial charge in [0.05, 0.1) is 5.41 Å². The lowest BCUT2D eigenvalue weighted by atomic mass is 9.90. The Morgan fingerprint density at radius 3 is 2.76 bits per heavy atom. The fourth-order valence-corrected chi connectivity index (χ4v) is 2.92. The predicted octanol–water partition coefficient (Wildman–Crippen LogP) is 2.76. The largest absolute Gasteiger partial charge is 0.481 e. The summed E-state index contributed by atoms with van der Waals surface area (Å²) in [5, 5.41) is 12.0. The van der Waals surface area contributed by atoms with Gasteiger partial charge in [0.15, 0.2) is 0 Å². The zero-order valence-electron chi connectivity index (χ0n) is 12.1.